The fraction of sp³-hybridized carbons (Fsp3) is 0.448. The summed E-state index contributed by atoms with van der Waals surface area (Å²) in [6.07, 6.45) is 8.44. The summed E-state index contributed by atoms with van der Waals surface area (Å²) >= 11 is 0. The van der Waals surface area contributed by atoms with Crippen LogP contribution in [0.25, 0.3) is 10.8 Å². The number of rotatable bonds is 10. The largest absolute Gasteiger partial charge is 0.348 e. The average molecular weight is 453 g/mol. The van der Waals surface area contributed by atoms with Crippen LogP contribution >= 0.6 is 0 Å². The van der Waals surface area contributed by atoms with Crippen molar-refractivity contribution in [1.82, 2.24) is 0 Å². The van der Waals surface area contributed by atoms with E-state index in [0.29, 0.717) is 42.9 Å². The van der Waals surface area contributed by atoms with Gasteiger partial charge < -0.3 is 9.47 Å². The van der Waals surface area contributed by atoms with E-state index in [4.69, 9.17) is 9.47 Å². The third-order valence-electron chi connectivity index (χ3n) is 6.61. The van der Waals surface area contributed by atoms with E-state index in [1.807, 2.05) is 30.3 Å². The smallest absolute Gasteiger partial charge is 0.183 e. The van der Waals surface area contributed by atoms with Crippen LogP contribution in [0.5, 0.6) is 0 Å². The molecule has 0 unspecified atom stereocenters. The molecule has 4 heteroatoms. The van der Waals surface area contributed by atoms with Crippen LogP contribution in [0.15, 0.2) is 54.6 Å². The molecule has 0 aromatic heterocycles. The highest BCUT2D eigenvalue weighted by molar-refractivity contribution is 5.84. The molecule has 176 valence electrons. The monoisotopic (exact) mass is 452 g/mol. The van der Waals surface area contributed by atoms with Crippen LogP contribution in [0, 0.1) is 17.6 Å². The summed E-state index contributed by atoms with van der Waals surface area (Å²) < 4.78 is 40.2. The highest BCUT2D eigenvalue weighted by Crippen LogP contribution is 2.31. The second-order valence-electron chi connectivity index (χ2n) is 9.21. The summed E-state index contributed by atoms with van der Waals surface area (Å²) in [6, 6.07) is 15.9. The van der Waals surface area contributed by atoms with Crippen LogP contribution in [-0.2, 0) is 22.3 Å². The van der Waals surface area contributed by atoms with Crippen molar-refractivity contribution in [2.24, 2.45) is 5.92 Å². The SMILES string of the molecule is CCCCCCCC1COC(c2ccc3c(F)c(CCc4ccc(F)cc4)ccc3c2)OC1. The zero-order valence-electron chi connectivity index (χ0n) is 19.5. The molecular formula is C29H34F2O2. The molecule has 3 aromatic carbocycles. The van der Waals surface area contributed by atoms with Crippen LogP contribution in [0.4, 0.5) is 8.78 Å². The molecule has 1 heterocycles. The van der Waals surface area contributed by atoms with Gasteiger partial charge in [0.15, 0.2) is 6.29 Å². The molecule has 0 amide bonds. The zero-order valence-corrected chi connectivity index (χ0v) is 19.5. The Bertz CT molecular complexity index is 1020. The molecule has 0 spiro atoms. The van der Waals surface area contributed by atoms with Crippen LogP contribution in [0.3, 0.4) is 0 Å². The summed E-state index contributed by atoms with van der Waals surface area (Å²) in [7, 11) is 0. The lowest BCUT2D eigenvalue weighted by Gasteiger charge is -2.30. The van der Waals surface area contributed by atoms with Gasteiger partial charge in [-0.15, -0.1) is 0 Å². The van der Waals surface area contributed by atoms with Crippen molar-refractivity contribution in [1.29, 1.82) is 0 Å². The first-order chi connectivity index (χ1) is 16.1. The third-order valence-corrected chi connectivity index (χ3v) is 6.61. The number of halogens is 2. The molecule has 1 aliphatic heterocycles. The molecule has 0 bridgehead atoms. The second-order valence-corrected chi connectivity index (χ2v) is 9.21. The lowest BCUT2D eigenvalue weighted by Crippen LogP contribution is -2.27. The van der Waals surface area contributed by atoms with Crippen LogP contribution in [-0.4, -0.2) is 13.2 Å². The van der Waals surface area contributed by atoms with Gasteiger partial charge in [-0.05, 0) is 54.0 Å². The number of fused-ring (bicyclic) bond motifs is 1. The fourth-order valence-electron chi connectivity index (χ4n) is 4.56. The summed E-state index contributed by atoms with van der Waals surface area (Å²) in [4.78, 5) is 0. The van der Waals surface area contributed by atoms with E-state index in [1.165, 1.54) is 44.2 Å². The van der Waals surface area contributed by atoms with E-state index in [1.54, 1.807) is 12.1 Å². The molecule has 0 radical (unpaired) electrons. The minimum atomic E-state index is -0.382. The first-order valence-corrected chi connectivity index (χ1v) is 12.3. The summed E-state index contributed by atoms with van der Waals surface area (Å²) in [5, 5.41) is 1.46. The van der Waals surface area contributed by atoms with E-state index in [2.05, 4.69) is 6.92 Å². The predicted octanol–water partition coefficient (Wildman–Crippen LogP) is 7.93. The Morgan fingerprint density at radius 1 is 0.818 bits per heavy atom. The Labute approximate surface area is 195 Å². The van der Waals surface area contributed by atoms with Crippen molar-refractivity contribution < 1.29 is 18.3 Å². The standard InChI is InChI=1S/C29H34F2O2/c1-2-3-4-5-6-7-22-19-32-29(33-20-22)25-14-17-27-24(18-25)13-12-23(28(27)31)11-8-21-9-15-26(30)16-10-21/h9-10,12-18,22,29H,2-8,11,19-20H2,1H3. The molecule has 0 atom stereocenters. The molecular weight excluding hydrogens is 418 g/mol. The molecule has 33 heavy (non-hydrogen) atoms. The van der Waals surface area contributed by atoms with Crippen LogP contribution in [0.1, 0.15) is 68.4 Å². The Morgan fingerprint density at radius 3 is 2.33 bits per heavy atom. The normalized spacial score (nSPS) is 18.6. The molecule has 2 nitrogen and oxygen atoms in total. The number of unbranched alkanes of at least 4 members (excludes halogenated alkanes) is 4. The number of hydrogen-bond acceptors (Lipinski definition) is 2. The maximum absolute atomic E-state index is 15.1. The van der Waals surface area contributed by atoms with Crippen molar-refractivity contribution in [2.45, 2.75) is 64.6 Å². The highest BCUT2D eigenvalue weighted by atomic mass is 19.1. The minimum Gasteiger partial charge on any atom is -0.348 e. The molecule has 1 aliphatic rings. The van der Waals surface area contributed by atoms with Crippen molar-refractivity contribution in [3.63, 3.8) is 0 Å². The van der Waals surface area contributed by atoms with Gasteiger partial charge in [-0.1, -0.05) is 75.4 Å². The van der Waals surface area contributed by atoms with E-state index in [9.17, 15) is 4.39 Å². The van der Waals surface area contributed by atoms with Gasteiger partial charge in [-0.3, -0.25) is 0 Å². The Kier molecular flexibility index (Phi) is 8.46. The van der Waals surface area contributed by atoms with Crippen LogP contribution in [0.2, 0.25) is 0 Å². The molecule has 0 aliphatic carbocycles. The maximum atomic E-state index is 15.1. The second kappa shape index (κ2) is 11.7. The maximum Gasteiger partial charge on any atom is 0.183 e. The quantitative estimate of drug-likeness (QED) is 0.291. The van der Waals surface area contributed by atoms with Gasteiger partial charge in [0.25, 0.3) is 0 Å². The van der Waals surface area contributed by atoms with E-state index in [-0.39, 0.29) is 17.9 Å². The minimum absolute atomic E-state index is 0.185. The van der Waals surface area contributed by atoms with Crippen molar-refractivity contribution in [3.8, 4) is 0 Å². The molecule has 1 fully saturated rings. The lowest BCUT2D eigenvalue weighted by atomic mass is 9.98. The molecule has 4 rings (SSSR count). The van der Waals surface area contributed by atoms with Gasteiger partial charge in [0, 0.05) is 16.9 Å². The number of aryl methyl sites for hydroxylation is 2. The van der Waals surface area contributed by atoms with E-state index >= 15 is 4.39 Å². The van der Waals surface area contributed by atoms with E-state index in [0.717, 1.165) is 22.9 Å². The first-order valence-electron chi connectivity index (χ1n) is 12.3. The highest BCUT2D eigenvalue weighted by Gasteiger charge is 2.23. The van der Waals surface area contributed by atoms with Gasteiger partial charge in [-0.25, -0.2) is 8.78 Å². The Balaban J connectivity index is 1.34. The van der Waals surface area contributed by atoms with Crippen molar-refractivity contribution in [2.75, 3.05) is 13.2 Å². The van der Waals surface area contributed by atoms with Crippen molar-refractivity contribution >= 4 is 10.8 Å². The predicted molar refractivity (Wildman–Crippen MR) is 129 cm³/mol. The fourth-order valence-corrected chi connectivity index (χ4v) is 4.56. The topological polar surface area (TPSA) is 18.5 Å². The van der Waals surface area contributed by atoms with Gasteiger partial charge in [0.1, 0.15) is 11.6 Å². The van der Waals surface area contributed by atoms with Crippen LogP contribution < -0.4 is 0 Å². The van der Waals surface area contributed by atoms with Gasteiger partial charge in [0.05, 0.1) is 13.2 Å². The van der Waals surface area contributed by atoms with Crippen molar-refractivity contribution in [3.05, 3.63) is 82.9 Å². The molecule has 0 saturated carbocycles. The van der Waals surface area contributed by atoms with E-state index < -0.39 is 0 Å². The summed E-state index contributed by atoms with van der Waals surface area (Å²) in [5.74, 6) is 0.0227. The van der Waals surface area contributed by atoms with Gasteiger partial charge >= 0.3 is 0 Å². The molecule has 3 aromatic rings. The Morgan fingerprint density at radius 2 is 1.58 bits per heavy atom. The third kappa shape index (κ3) is 6.39. The molecule has 0 N–H and O–H groups in total. The van der Waals surface area contributed by atoms with Gasteiger partial charge in [-0.2, -0.15) is 0 Å². The van der Waals surface area contributed by atoms with Gasteiger partial charge in [0.2, 0.25) is 0 Å². The first kappa shape index (κ1) is 23.8. The number of benzene rings is 3. The lowest BCUT2D eigenvalue weighted by molar-refractivity contribution is -0.206. The Hall–Kier alpha value is -2.30. The number of hydrogen-bond donors (Lipinski definition) is 0. The summed E-state index contributed by atoms with van der Waals surface area (Å²) in [6.45, 7) is 3.67. The summed E-state index contributed by atoms with van der Waals surface area (Å²) in [5.41, 5.74) is 2.60. The molecule has 1 saturated heterocycles. The number of ether oxygens (including phenoxy) is 2. The average Bonchev–Trinajstić information content (AvgIpc) is 2.85. The zero-order chi connectivity index (χ0) is 23.0.